The molecule has 2 rings (SSSR count). The third-order valence-corrected chi connectivity index (χ3v) is 3.24. The highest BCUT2D eigenvalue weighted by Crippen LogP contribution is 2.45. The third-order valence-electron chi connectivity index (χ3n) is 3.24. The summed E-state index contributed by atoms with van der Waals surface area (Å²) in [6.45, 7) is 14.6. The molecule has 21 heavy (non-hydrogen) atoms. The van der Waals surface area contributed by atoms with Gasteiger partial charge in [0, 0.05) is 13.0 Å². The first-order valence-electron chi connectivity index (χ1n) is 7.91. The summed E-state index contributed by atoms with van der Waals surface area (Å²) < 4.78 is 5.35. The lowest BCUT2D eigenvalue weighted by Gasteiger charge is -2.12. The number of rotatable bonds is 3. The van der Waals surface area contributed by atoms with Crippen molar-refractivity contribution in [3.05, 3.63) is 65.8 Å². The van der Waals surface area contributed by atoms with Gasteiger partial charge in [-0.1, -0.05) is 76.8 Å². The van der Waals surface area contributed by atoms with Crippen molar-refractivity contribution in [3.63, 3.8) is 0 Å². The Hall–Kier alpha value is -1.60. The van der Waals surface area contributed by atoms with Gasteiger partial charge in [-0.15, -0.1) is 0 Å². The van der Waals surface area contributed by atoms with Gasteiger partial charge in [0.2, 0.25) is 0 Å². The number of benzene rings is 1. The Morgan fingerprint density at radius 1 is 1.14 bits per heavy atom. The fourth-order valence-corrected chi connectivity index (χ4v) is 2.56. The van der Waals surface area contributed by atoms with Crippen LogP contribution in [0.5, 0.6) is 0 Å². The zero-order valence-corrected chi connectivity index (χ0v) is 14.4. The van der Waals surface area contributed by atoms with Crippen molar-refractivity contribution in [2.24, 2.45) is 0 Å². The summed E-state index contributed by atoms with van der Waals surface area (Å²) in [5.74, 6) is 0.354. The molecule has 0 bridgehead atoms. The second kappa shape index (κ2) is 11.1. The van der Waals surface area contributed by atoms with Crippen molar-refractivity contribution in [3.8, 4) is 0 Å². The zero-order chi connectivity index (χ0) is 16.3. The Balaban J connectivity index is 0.000000921. The highest BCUT2D eigenvalue weighted by molar-refractivity contribution is 5.88. The first-order valence-corrected chi connectivity index (χ1v) is 7.91. The van der Waals surface area contributed by atoms with Crippen LogP contribution in [0.3, 0.4) is 0 Å². The predicted molar refractivity (Wildman–Crippen MR) is 95.7 cm³/mol. The first kappa shape index (κ1) is 19.4. The molecule has 1 aromatic carbocycles. The summed E-state index contributed by atoms with van der Waals surface area (Å²) in [6.07, 6.45) is 6.12. The van der Waals surface area contributed by atoms with Crippen LogP contribution in [0.2, 0.25) is 0 Å². The third kappa shape index (κ3) is 4.44. The monoisotopic (exact) mass is 286 g/mol. The van der Waals surface area contributed by atoms with E-state index in [4.69, 9.17) is 4.74 Å². The van der Waals surface area contributed by atoms with Crippen molar-refractivity contribution in [2.75, 3.05) is 13.7 Å². The summed E-state index contributed by atoms with van der Waals surface area (Å²) in [7, 11) is 1.76. The molecule has 0 aliphatic heterocycles. The number of fused-ring (bicyclic) bond motifs is 1. The lowest BCUT2D eigenvalue weighted by Crippen LogP contribution is -2.04. The van der Waals surface area contributed by atoms with E-state index in [2.05, 4.69) is 49.9 Å². The first-order chi connectivity index (χ1) is 10.3. The van der Waals surface area contributed by atoms with E-state index in [0.717, 1.165) is 6.61 Å². The maximum Gasteiger partial charge on any atom is 0.0572 e. The normalized spacial score (nSPS) is 19.2. The Morgan fingerprint density at radius 3 is 2.29 bits per heavy atom. The Labute approximate surface area is 131 Å². The van der Waals surface area contributed by atoms with Crippen molar-refractivity contribution in [1.29, 1.82) is 0 Å². The van der Waals surface area contributed by atoms with Gasteiger partial charge < -0.3 is 4.74 Å². The molecule has 1 aromatic rings. The molecule has 1 aliphatic carbocycles. The van der Waals surface area contributed by atoms with Gasteiger partial charge >= 0.3 is 0 Å². The van der Waals surface area contributed by atoms with Gasteiger partial charge in [-0.25, -0.2) is 0 Å². The van der Waals surface area contributed by atoms with Crippen LogP contribution in [-0.2, 0) is 4.74 Å². The lowest BCUT2D eigenvalue weighted by molar-refractivity contribution is 0.190. The van der Waals surface area contributed by atoms with Crippen molar-refractivity contribution >= 4 is 5.57 Å². The van der Waals surface area contributed by atoms with E-state index in [9.17, 15) is 0 Å². The van der Waals surface area contributed by atoms with Crippen LogP contribution in [0.1, 0.15) is 51.7 Å². The molecule has 0 spiro atoms. The maximum absolute atomic E-state index is 5.35. The fraction of sp³-hybridized carbons (Fsp3) is 0.400. The standard InChI is InChI=1S/C16H18O.2C2H6/c1-4-8-13-12(5-2)16(11-17-3)15-10-7-6-9-14(13)15;2*1-2/h4-10,16H,1,11H2,2-3H3;2*1-2H3/b12-5+,13-8+;;. The van der Waals surface area contributed by atoms with Crippen LogP contribution in [0, 0.1) is 0 Å². The molecule has 0 radical (unpaired) electrons. The van der Waals surface area contributed by atoms with E-state index in [1.54, 1.807) is 7.11 Å². The van der Waals surface area contributed by atoms with E-state index in [1.165, 1.54) is 22.3 Å². The van der Waals surface area contributed by atoms with Gasteiger partial charge in [-0.2, -0.15) is 0 Å². The van der Waals surface area contributed by atoms with Gasteiger partial charge in [0.15, 0.2) is 0 Å². The van der Waals surface area contributed by atoms with Gasteiger partial charge in [0.25, 0.3) is 0 Å². The summed E-state index contributed by atoms with van der Waals surface area (Å²) in [4.78, 5) is 0. The van der Waals surface area contributed by atoms with Crippen LogP contribution in [0.15, 0.2) is 54.6 Å². The predicted octanol–water partition coefficient (Wildman–Crippen LogP) is 6.00. The van der Waals surface area contributed by atoms with E-state index < -0.39 is 0 Å². The van der Waals surface area contributed by atoms with Gasteiger partial charge in [-0.3, -0.25) is 0 Å². The van der Waals surface area contributed by atoms with Crippen molar-refractivity contribution < 1.29 is 4.74 Å². The quantitative estimate of drug-likeness (QED) is 0.662. The highest BCUT2D eigenvalue weighted by atomic mass is 16.5. The minimum absolute atomic E-state index is 0.354. The molecule has 1 aliphatic rings. The van der Waals surface area contributed by atoms with Crippen molar-refractivity contribution in [1.82, 2.24) is 0 Å². The molecule has 0 fully saturated rings. The lowest BCUT2D eigenvalue weighted by atomic mass is 9.97. The molecule has 0 saturated carbocycles. The summed E-state index contributed by atoms with van der Waals surface area (Å²) in [6, 6.07) is 8.53. The van der Waals surface area contributed by atoms with Crippen molar-refractivity contribution in [2.45, 2.75) is 40.5 Å². The maximum atomic E-state index is 5.35. The molecule has 0 amide bonds. The van der Waals surface area contributed by atoms with Crippen LogP contribution >= 0.6 is 0 Å². The average Bonchev–Trinajstić information content (AvgIpc) is 2.86. The molecule has 1 unspecified atom stereocenters. The smallest absolute Gasteiger partial charge is 0.0572 e. The number of ether oxygens (including phenoxy) is 1. The van der Waals surface area contributed by atoms with E-state index in [0.29, 0.717) is 5.92 Å². The Bertz CT molecular complexity index is 480. The molecular formula is C20H30O. The molecular weight excluding hydrogens is 256 g/mol. The molecule has 1 heteroatoms. The minimum Gasteiger partial charge on any atom is -0.384 e. The molecule has 116 valence electrons. The second-order valence-electron chi connectivity index (χ2n) is 4.16. The van der Waals surface area contributed by atoms with E-state index >= 15 is 0 Å². The molecule has 1 nitrogen and oxygen atoms in total. The zero-order valence-electron chi connectivity index (χ0n) is 14.4. The molecule has 1 atom stereocenters. The number of allylic oxidation sites excluding steroid dienone is 4. The molecule has 0 heterocycles. The Morgan fingerprint density at radius 2 is 1.76 bits per heavy atom. The van der Waals surface area contributed by atoms with E-state index in [-0.39, 0.29) is 0 Å². The summed E-state index contributed by atoms with van der Waals surface area (Å²) in [5.41, 5.74) is 5.28. The number of hydrogen-bond donors (Lipinski definition) is 0. The summed E-state index contributed by atoms with van der Waals surface area (Å²) in [5, 5.41) is 0. The molecule has 0 saturated heterocycles. The van der Waals surface area contributed by atoms with Crippen LogP contribution in [-0.4, -0.2) is 13.7 Å². The van der Waals surface area contributed by atoms with Crippen LogP contribution in [0.4, 0.5) is 0 Å². The highest BCUT2D eigenvalue weighted by Gasteiger charge is 2.29. The van der Waals surface area contributed by atoms with E-state index in [1.807, 2.05) is 33.8 Å². The SMILES string of the molecule is C=C/C=C1\C(=C/C)C(COC)c2ccccc21.CC.CC. The minimum atomic E-state index is 0.354. The fourth-order valence-electron chi connectivity index (χ4n) is 2.56. The number of hydrogen-bond acceptors (Lipinski definition) is 1. The Kier molecular flexibility index (Phi) is 10.3. The number of methoxy groups -OCH3 is 1. The van der Waals surface area contributed by atoms with Gasteiger partial charge in [0.1, 0.15) is 0 Å². The molecule has 0 N–H and O–H groups in total. The second-order valence-corrected chi connectivity index (χ2v) is 4.16. The molecule has 0 aromatic heterocycles. The van der Waals surface area contributed by atoms with Gasteiger partial charge in [-0.05, 0) is 29.2 Å². The van der Waals surface area contributed by atoms with Crippen LogP contribution in [0.25, 0.3) is 5.57 Å². The van der Waals surface area contributed by atoms with Gasteiger partial charge in [0.05, 0.1) is 6.61 Å². The topological polar surface area (TPSA) is 9.23 Å². The summed E-state index contributed by atoms with van der Waals surface area (Å²) >= 11 is 0. The van der Waals surface area contributed by atoms with Crippen LogP contribution < -0.4 is 0 Å². The largest absolute Gasteiger partial charge is 0.384 e. The average molecular weight is 286 g/mol.